The number of carbonyl (C=O) groups excluding carboxylic acids is 1. The lowest BCUT2D eigenvalue weighted by molar-refractivity contribution is -0.208. The van der Waals surface area contributed by atoms with Crippen LogP contribution in [0.15, 0.2) is 11.1 Å². The van der Waals surface area contributed by atoms with E-state index >= 15 is 0 Å². The van der Waals surface area contributed by atoms with Crippen molar-refractivity contribution in [2.24, 2.45) is 23.2 Å². The number of hydrogen-bond donors (Lipinski definition) is 0. The summed E-state index contributed by atoms with van der Waals surface area (Å²) in [6.45, 7) is 11.6. The van der Waals surface area contributed by atoms with E-state index in [4.69, 9.17) is 14.2 Å². The molecule has 0 amide bonds. The zero-order valence-corrected chi connectivity index (χ0v) is 17.9. The van der Waals surface area contributed by atoms with Crippen molar-refractivity contribution in [2.45, 2.75) is 90.4 Å². The molecule has 0 aromatic carbocycles. The average molecular weight is 377 g/mol. The van der Waals surface area contributed by atoms with Crippen molar-refractivity contribution in [2.75, 3.05) is 13.7 Å². The molecule has 3 fully saturated rings. The van der Waals surface area contributed by atoms with Gasteiger partial charge in [-0.05, 0) is 61.9 Å². The van der Waals surface area contributed by atoms with E-state index in [9.17, 15) is 4.79 Å². The van der Waals surface area contributed by atoms with E-state index in [0.29, 0.717) is 18.4 Å². The Balaban J connectivity index is 0.000000872. The van der Waals surface area contributed by atoms with Crippen molar-refractivity contribution >= 4 is 5.97 Å². The predicted octanol–water partition coefficient (Wildman–Crippen LogP) is 4.66. The number of cyclic esters (lactones) is 1. The van der Waals surface area contributed by atoms with Crippen LogP contribution in [-0.4, -0.2) is 37.0 Å². The molecule has 3 aliphatic carbocycles. The summed E-state index contributed by atoms with van der Waals surface area (Å²) < 4.78 is 18.3. The van der Waals surface area contributed by atoms with Crippen LogP contribution in [0.5, 0.6) is 0 Å². The van der Waals surface area contributed by atoms with Crippen LogP contribution in [0.3, 0.4) is 0 Å². The smallest absolute Gasteiger partial charge is 0.334 e. The molecule has 2 heterocycles. The van der Waals surface area contributed by atoms with Crippen LogP contribution < -0.4 is 0 Å². The van der Waals surface area contributed by atoms with Crippen LogP contribution in [0.25, 0.3) is 0 Å². The first kappa shape index (κ1) is 19.4. The minimum Gasteiger partial charge on any atom is -0.458 e. The second-order valence-corrected chi connectivity index (χ2v) is 9.56. The Morgan fingerprint density at radius 1 is 1.22 bits per heavy atom. The Bertz CT molecular complexity index is 667. The third-order valence-corrected chi connectivity index (χ3v) is 8.67. The molecule has 5 rings (SSSR count). The number of ether oxygens (including phenoxy) is 3. The maximum atomic E-state index is 12.1. The lowest BCUT2D eigenvalue weighted by Crippen LogP contribution is -2.68. The van der Waals surface area contributed by atoms with Gasteiger partial charge < -0.3 is 14.2 Å². The molecular formula is C23H36O4. The zero-order chi connectivity index (χ0) is 19.6. The van der Waals surface area contributed by atoms with Crippen LogP contribution in [0.1, 0.15) is 73.1 Å². The van der Waals surface area contributed by atoms with Gasteiger partial charge in [0.25, 0.3) is 0 Å². The lowest BCUT2D eigenvalue weighted by Gasteiger charge is -2.61. The number of hydrogen-bond acceptors (Lipinski definition) is 4. The summed E-state index contributed by atoms with van der Waals surface area (Å²) in [5, 5.41) is 0. The molecule has 0 bridgehead atoms. The Morgan fingerprint density at radius 3 is 2.63 bits per heavy atom. The minimum atomic E-state index is -0.219. The molecule has 4 heteroatoms. The second kappa shape index (κ2) is 6.32. The lowest BCUT2D eigenvalue weighted by atomic mass is 9.45. The highest BCUT2D eigenvalue weighted by Crippen LogP contribution is 2.73. The van der Waals surface area contributed by atoms with Gasteiger partial charge in [-0.25, -0.2) is 4.79 Å². The van der Waals surface area contributed by atoms with Gasteiger partial charge in [0.2, 0.25) is 0 Å². The average Bonchev–Trinajstić information content (AvgIpc) is 3.23. The predicted molar refractivity (Wildman–Crippen MR) is 104 cm³/mol. The quantitative estimate of drug-likeness (QED) is 0.519. The van der Waals surface area contributed by atoms with Gasteiger partial charge in [-0.1, -0.05) is 34.6 Å². The van der Waals surface area contributed by atoms with Crippen LogP contribution in [-0.2, 0) is 19.0 Å². The Kier molecular flexibility index (Phi) is 4.55. The highest BCUT2D eigenvalue weighted by atomic mass is 16.6. The number of esters is 1. The van der Waals surface area contributed by atoms with Crippen LogP contribution in [0.4, 0.5) is 0 Å². The molecule has 5 aliphatic rings. The molecule has 27 heavy (non-hydrogen) atoms. The molecule has 1 saturated heterocycles. The van der Waals surface area contributed by atoms with Crippen molar-refractivity contribution < 1.29 is 19.0 Å². The van der Waals surface area contributed by atoms with Gasteiger partial charge in [-0.15, -0.1) is 0 Å². The van der Waals surface area contributed by atoms with Gasteiger partial charge in [-0.3, -0.25) is 0 Å². The van der Waals surface area contributed by atoms with Crippen molar-refractivity contribution in [3.63, 3.8) is 0 Å². The fraction of sp³-hybridized carbons (Fsp3) is 0.870. The van der Waals surface area contributed by atoms with Crippen LogP contribution >= 0.6 is 0 Å². The normalized spacial score (nSPS) is 47.2. The van der Waals surface area contributed by atoms with Crippen molar-refractivity contribution in [1.29, 1.82) is 0 Å². The number of fused-ring (bicyclic) bond motifs is 3. The molecule has 0 aromatic heterocycles. The van der Waals surface area contributed by atoms with E-state index in [-0.39, 0.29) is 28.7 Å². The van der Waals surface area contributed by atoms with Crippen molar-refractivity contribution in [3.05, 3.63) is 11.1 Å². The standard InChI is InChI=1S/C21H30O4.C2H6/c1-12(2)13-5-8-21(23-4)19(3)7-6-14-15(11-24-18(14)22)16(19)9-17-20(21,10-13)25-17;1-2/h12-13,16-17H,5-11H2,1-4H3;1-2H3. The first-order chi connectivity index (χ1) is 12.9. The third kappa shape index (κ3) is 2.26. The highest BCUT2D eigenvalue weighted by Gasteiger charge is 2.80. The van der Waals surface area contributed by atoms with E-state index in [2.05, 4.69) is 20.8 Å². The number of epoxide rings is 1. The Morgan fingerprint density at radius 2 is 1.96 bits per heavy atom. The van der Waals surface area contributed by atoms with Crippen LogP contribution in [0.2, 0.25) is 0 Å². The number of carbonyl (C=O) groups is 1. The minimum absolute atomic E-state index is 0.0313. The molecule has 152 valence electrons. The molecular weight excluding hydrogens is 340 g/mol. The van der Waals surface area contributed by atoms with Gasteiger partial charge in [0.15, 0.2) is 0 Å². The topological polar surface area (TPSA) is 48.1 Å². The van der Waals surface area contributed by atoms with E-state index in [0.717, 1.165) is 43.6 Å². The van der Waals surface area contributed by atoms with Crippen LogP contribution in [0, 0.1) is 23.2 Å². The fourth-order valence-electron chi connectivity index (χ4n) is 7.16. The van der Waals surface area contributed by atoms with E-state index in [1.54, 1.807) is 0 Å². The largest absolute Gasteiger partial charge is 0.458 e. The second-order valence-electron chi connectivity index (χ2n) is 9.56. The number of rotatable bonds is 2. The monoisotopic (exact) mass is 376 g/mol. The Hall–Kier alpha value is -0.870. The van der Waals surface area contributed by atoms with Crippen molar-refractivity contribution in [3.8, 4) is 0 Å². The first-order valence-corrected chi connectivity index (χ1v) is 11.0. The molecule has 6 unspecified atom stereocenters. The maximum Gasteiger partial charge on any atom is 0.334 e. The molecule has 2 aliphatic heterocycles. The van der Waals surface area contributed by atoms with Gasteiger partial charge in [0.05, 0.1) is 6.10 Å². The summed E-state index contributed by atoms with van der Waals surface area (Å²) >= 11 is 0. The fourth-order valence-corrected chi connectivity index (χ4v) is 7.16. The molecule has 0 N–H and O–H groups in total. The maximum absolute atomic E-state index is 12.1. The Labute approximate surface area is 164 Å². The van der Waals surface area contributed by atoms with E-state index in [1.807, 2.05) is 21.0 Å². The molecule has 0 radical (unpaired) electrons. The van der Waals surface area contributed by atoms with E-state index < -0.39 is 0 Å². The third-order valence-electron chi connectivity index (χ3n) is 8.67. The first-order valence-electron chi connectivity index (χ1n) is 11.0. The molecule has 0 aromatic rings. The van der Waals surface area contributed by atoms with Gasteiger partial charge in [0, 0.05) is 18.1 Å². The van der Waals surface area contributed by atoms with Gasteiger partial charge in [0.1, 0.15) is 17.8 Å². The summed E-state index contributed by atoms with van der Waals surface area (Å²) in [7, 11) is 1.89. The van der Waals surface area contributed by atoms with Crippen molar-refractivity contribution in [1.82, 2.24) is 0 Å². The zero-order valence-electron chi connectivity index (χ0n) is 17.9. The van der Waals surface area contributed by atoms with Gasteiger partial charge >= 0.3 is 5.97 Å². The summed E-state index contributed by atoms with van der Waals surface area (Å²) in [5.41, 5.74) is 1.93. The molecule has 6 atom stereocenters. The number of methoxy groups -OCH3 is 1. The highest BCUT2D eigenvalue weighted by molar-refractivity contribution is 5.92. The summed E-state index contributed by atoms with van der Waals surface area (Å²) in [4.78, 5) is 12.1. The van der Waals surface area contributed by atoms with E-state index in [1.165, 1.54) is 12.0 Å². The van der Waals surface area contributed by atoms with Gasteiger partial charge in [-0.2, -0.15) is 0 Å². The summed E-state index contributed by atoms with van der Waals surface area (Å²) in [6.07, 6.45) is 6.58. The molecule has 4 nitrogen and oxygen atoms in total. The summed E-state index contributed by atoms with van der Waals surface area (Å²) in [5.74, 6) is 1.70. The molecule has 2 saturated carbocycles. The molecule has 1 spiro atoms. The SMILES string of the molecule is CC.COC12CCC(C(C)C)CC13OC3CC1C3=C(CCC12C)C(=O)OC3. The summed E-state index contributed by atoms with van der Waals surface area (Å²) in [6, 6.07) is 0.